The Balaban J connectivity index is 0.000000268. The van der Waals surface area contributed by atoms with Gasteiger partial charge in [0.1, 0.15) is 36.1 Å². The van der Waals surface area contributed by atoms with Crippen LogP contribution in [0, 0.1) is 13.8 Å². The third-order valence-corrected chi connectivity index (χ3v) is 9.65. The molecule has 0 aliphatic rings. The van der Waals surface area contributed by atoms with Gasteiger partial charge in [-0.3, -0.25) is 19.2 Å². The molecule has 6 rings (SSSR count). The molecule has 14 heteroatoms. The van der Waals surface area contributed by atoms with Gasteiger partial charge in [0, 0.05) is 44.4 Å². The summed E-state index contributed by atoms with van der Waals surface area (Å²) < 4.78 is 23.2. The van der Waals surface area contributed by atoms with E-state index in [0.29, 0.717) is 49.3 Å². The van der Waals surface area contributed by atoms with E-state index in [9.17, 15) is 19.2 Å². The monoisotopic (exact) mass is 846 g/mol. The normalized spacial score (nSPS) is 11.0. The lowest BCUT2D eigenvalue weighted by Gasteiger charge is -2.27. The molecule has 0 radical (unpaired) electrons. The molecule has 0 spiro atoms. The van der Waals surface area contributed by atoms with Crippen molar-refractivity contribution in [1.29, 1.82) is 0 Å². The fourth-order valence-corrected chi connectivity index (χ4v) is 6.30. The number of benzene rings is 4. The number of aliphatic carboxylic acids is 2. The van der Waals surface area contributed by atoms with E-state index in [-0.39, 0.29) is 44.9 Å². The van der Waals surface area contributed by atoms with Crippen molar-refractivity contribution in [1.82, 2.24) is 19.8 Å². The highest BCUT2D eigenvalue weighted by atomic mass is 16.5. The van der Waals surface area contributed by atoms with Crippen LogP contribution in [0.2, 0.25) is 0 Å². The Morgan fingerprint density at radius 1 is 0.629 bits per heavy atom. The van der Waals surface area contributed by atoms with Crippen molar-refractivity contribution in [2.24, 2.45) is 0 Å². The van der Waals surface area contributed by atoms with Gasteiger partial charge in [-0.05, 0) is 80.4 Å². The zero-order valence-corrected chi connectivity index (χ0v) is 34.9. The van der Waals surface area contributed by atoms with E-state index in [0.717, 1.165) is 45.2 Å². The fraction of sp³-hybridized carbons (Fsp3) is 0.292. The number of aromatic nitrogens is 2. The minimum atomic E-state index is -1.04. The predicted octanol–water partition coefficient (Wildman–Crippen LogP) is 8.61. The van der Waals surface area contributed by atoms with Gasteiger partial charge in [0.15, 0.2) is 0 Å². The van der Waals surface area contributed by atoms with E-state index in [4.69, 9.17) is 28.5 Å². The fourth-order valence-electron chi connectivity index (χ4n) is 6.30. The number of amides is 2. The van der Waals surface area contributed by atoms with Gasteiger partial charge in [-0.15, -0.1) is 0 Å². The van der Waals surface area contributed by atoms with E-state index in [2.05, 4.69) is 9.97 Å². The number of carboxylic acid groups (broad SMARTS) is 2. The molecular formula is C48H54N4O10. The molecule has 2 heterocycles. The molecule has 0 aliphatic carbocycles. The molecule has 0 aliphatic heterocycles. The van der Waals surface area contributed by atoms with Crippen LogP contribution in [-0.4, -0.2) is 80.0 Å². The molecule has 2 N–H and O–H groups in total. The van der Waals surface area contributed by atoms with Crippen LogP contribution < -0.4 is 9.47 Å². The molecule has 2 amide bonds. The number of nitrogens with zero attached hydrogens (tertiary/aromatic N) is 4. The highest BCUT2D eigenvalue weighted by Gasteiger charge is 2.21. The summed E-state index contributed by atoms with van der Waals surface area (Å²) >= 11 is 0. The number of carbonyl (C=O) groups is 4. The van der Waals surface area contributed by atoms with Crippen LogP contribution in [0.5, 0.6) is 11.5 Å². The first-order valence-electron chi connectivity index (χ1n) is 19.7. The lowest BCUT2D eigenvalue weighted by Crippen LogP contribution is -2.36. The van der Waals surface area contributed by atoms with Gasteiger partial charge in [0.25, 0.3) is 0 Å². The summed E-state index contributed by atoms with van der Waals surface area (Å²) in [7, 11) is 0. The SMILES string of the molecule is C.CC(=O)N(CC(=O)O)C(C)c1ccc(OCCc2nc(-c3ccccc3)oc2C)cc1.CC(=O)N(CC(=O)O)Cc1ccc(OCCc2nc(-c3ccccc3)oc2C)cc1. The summed E-state index contributed by atoms with van der Waals surface area (Å²) in [4.78, 5) is 57.0. The van der Waals surface area contributed by atoms with Gasteiger partial charge in [-0.1, -0.05) is 68.1 Å². The Labute approximate surface area is 361 Å². The maximum Gasteiger partial charge on any atom is 0.323 e. The Hall–Kier alpha value is -7.22. The van der Waals surface area contributed by atoms with Crippen LogP contribution >= 0.6 is 0 Å². The topological polar surface area (TPSA) is 186 Å². The molecule has 4 aromatic carbocycles. The van der Waals surface area contributed by atoms with Gasteiger partial charge in [-0.25, -0.2) is 9.97 Å². The summed E-state index contributed by atoms with van der Waals surface area (Å²) in [5.41, 5.74) is 5.25. The summed E-state index contributed by atoms with van der Waals surface area (Å²) in [5.74, 6) is 1.48. The van der Waals surface area contributed by atoms with E-state index < -0.39 is 11.9 Å². The smallest absolute Gasteiger partial charge is 0.323 e. The molecule has 1 unspecified atom stereocenters. The first kappa shape index (κ1) is 47.5. The average Bonchev–Trinajstić information content (AvgIpc) is 3.81. The van der Waals surface area contributed by atoms with Crippen molar-refractivity contribution in [2.75, 3.05) is 26.3 Å². The Kier molecular flexibility index (Phi) is 17.6. The zero-order chi connectivity index (χ0) is 43.9. The quantitative estimate of drug-likeness (QED) is 0.0841. The Bertz CT molecular complexity index is 2360. The summed E-state index contributed by atoms with van der Waals surface area (Å²) in [6, 6.07) is 33.7. The molecule has 2 aromatic heterocycles. The van der Waals surface area contributed by atoms with Crippen LogP contribution in [0.1, 0.15) is 68.3 Å². The van der Waals surface area contributed by atoms with Crippen LogP contribution in [-0.2, 0) is 38.6 Å². The van der Waals surface area contributed by atoms with E-state index in [1.165, 1.54) is 23.6 Å². The number of hydrogen-bond acceptors (Lipinski definition) is 10. The second-order valence-electron chi connectivity index (χ2n) is 14.2. The van der Waals surface area contributed by atoms with Crippen molar-refractivity contribution < 1.29 is 47.7 Å². The Morgan fingerprint density at radius 3 is 1.47 bits per heavy atom. The number of hydrogen-bond donors (Lipinski definition) is 2. The van der Waals surface area contributed by atoms with Crippen LogP contribution in [0.25, 0.3) is 22.9 Å². The number of rotatable bonds is 18. The van der Waals surface area contributed by atoms with Gasteiger partial charge in [-0.2, -0.15) is 0 Å². The molecule has 1 atom stereocenters. The lowest BCUT2D eigenvalue weighted by molar-refractivity contribution is -0.145. The summed E-state index contributed by atoms with van der Waals surface area (Å²) in [5, 5.41) is 17.9. The number of oxazole rings is 2. The second-order valence-corrected chi connectivity index (χ2v) is 14.2. The third kappa shape index (κ3) is 13.9. The standard InChI is InChI=1S/C24H26N2O5.C23H24N2O5.CH4/c1-16(26(18(3)27)15-23(28)29)19-9-11-21(12-10-19)30-14-13-22-17(2)31-24(25-22)20-7-5-4-6-8-20;1-16-21(24-23(30-16)19-6-4-3-5-7-19)12-13-29-20-10-8-18(9-11-20)14-25(17(2)26)15-22(27)28;/h4-12,16H,13-15H2,1-3H3,(H,28,29);3-11H,12-15H2,1-2H3,(H,27,28);1H4. The minimum Gasteiger partial charge on any atom is -0.493 e. The largest absolute Gasteiger partial charge is 0.493 e. The Morgan fingerprint density at radius 2 is 1.06 bits per heavy atom. The van der Waals surface area contributed by atoms with Gasteiger partial charge < -0.3 is 38.3 Å². The van der Waals surface area contributed by atoms with E-state index in [1.54, 1.807) is 19.1 Å². The maximum atomic E-state index is 11.8. The van der Waals surface area contributed by atoms with Crippen molar-refractivity contribution in [3.63, 3.8) is 0 Å². The predicted molar refractivity (Wildman–Crippen MR) is 234 cm³/mol. The minimum absolute atomic E-state index is 0. The molecule has 0 saturated heterocycles. The first-order chi connectivity index (χ1) is 29.3. The molecule has 14 nitrogen and oxygen atoms in total. The van der Waals surface area contributed by atoms with Crippen LogP contribution in [0.4, 0.5) is 0 Å². The van der Waals surface area contributed by atoms with Gasteiger partial charge >= 0.3 is 11.9 Å². The molecule has 0 bridgehead atoms. The number of carbonyl (C=O) groups excluding carboxylic acids is 2. The maximum absolute atomic E-state index is 11.8. The molecular weight excluding hydrogens is 793 g/mol. The highest BCUT2D eigenvalue weighted by molar-refractivity contribution is 5.80. The number of ether oxygens (including phenoxy) is 2. The molecule has 326 valence electrons. The molecule has 0 fully saturated rings. The molecule has 62 heavy (non-hydrogen) atoms. The molecule has 0 saturated carbocycles. The van der Waals surface area contributed by atoms with Crippen molar-refractivity contribution in [3.8, 4) is 34.4 Å². The van der Waals surface area contributed by atoms with E-state index >= 15 is 0 Å². The lowest BCUT2D eigenvalue weighted by atomic mass is 10.1. The molecule has 6 aromatic rings. The van der Waals surface area contributed by atoms with Crippen LogP contribution in [0.3, 0.4) is 0 Å². The van der Waals surface area contributed by atoms with Crippen molar-refractivity contribution >= 4 is 23.8 Å². The number of carboxylic acids is 2. The summed E-state index contributed by atoms with van der Waals surface area (Å²) in [6.45, 7) is 8.77. The van der Waals surface area contributed by atoms with Crippen molar-refractivity contribution in [2.45, 2.75) is 67.5 Å². The van der Waals surface area contributed by atoms with Gasteiger partial charge in [0.2, 0.25) is 23.6 Å². The summed E-state index contributed by atoms with van der Waals surface area (Å²) in [6.07, 6.45) is 1.22. The first-order valence-corrected chi connectivity index (χ1v) is 19.7. The third-order valence-electron chi connectivity index (χ3n) is 9.65. The van der Waals surface area contributed by atoms with Crippen molar-refractivity contribution in [3.05, 3.63) is 143 Å². The zero-order valence-electron chi connectivity index (χ0n) is 34.9. The average molecular weight is 847 g/mol. The van der Waals surface area contributed by atoms with E-state index in [1.807, 2.05) is 111 Å². The van der Waals surface area contributed by atoms with Gasteiger partial charge in [0.05, 0.1) is 30.6 Å². The van der Waals surface area contributed by atoms with Crippen LogP contribution in [0.15, 0.2) is 118 Å². The number of aryl methyl sites for hydroxylation is 2. The second kappa shape index (κ2) is 23.0. The highest BCUT2D eigenvalue weighted by Crippen LogP contribution is 2.25.